The molecule has 1 rings (SSSR count). The van der Waals surface area contributed by atoms with E-state index < -0.39 is 10.8 Å². The van der Waals surface area contributed by atoms with Crippen LogP contribution in [0.3, 0.4) is 0 Å². The summed E-state index contributed by atoms with van der Waals surface area (Å²) in [6.07, 6.45) is 0.527. The average Bonchev–Trinajstić information content (AvgIpc) is 2.34. The largest absolute Gasteiger partial charge is 0.357 e. The van der Waals surface area contributed by atoms with Gasteiger partial charge in [-0.15, -0.1) is 0 Å². The summed E-state index contributed by atoms with van der Waals surface area (Å²) in [5.74, 6) is -0.415. The number of nitro groups is 1. The molecule has 0 aromatic heterocycles. The molecule has 0 saturated heterocycles. The lowest BCUT2D eigenvalue weighted by Gasteiger charge is -2.04. The van der Waals surface area contributed by atoms with Crippen LogP contribution in [0.1, 0.15) is 10.4 Å². The number of non-ortho nitro benzene ring substituents is 1. The molecule has 0 bridgehead atoms. The molecule has 7 heteroatoms. The molecule has 0 unspecified atom stereocenters. The highest BCUT2D eigenvalue weighted by atomic mass is 16.6. The lowest BCUT2D eigenvalue weighted by molar-refractivity contribution is -0.384. The third-order valence-corrected chi connectivity index (χ3v) is 1.96. The predicted octanol–water partition coefficient (Wildman–Crippen LogP) is 0.0706. The number of amides is 2. The molecule has 90 valence electrons. The van der Waals surface area contributed by atoms with Crippen LogP contribution in [0, 0.1) is 10.1 Å². The van der Waals surface area contributed by atoms with Gasteiger partial charge in [-0.3, -0.25) is 19.7 Å². The van der Waals surface area contributed by atoms with E-state index in [4.69, 9.17) is 0 Å². The third kappa shape index (κ3) is 3.90. The van der Waals surface area contributed by atoms with Crippen molar-refractivity contribution >= 4 is 18.0 Å². The maximum Gasteiger partial charge on any atom is 0.270 e. The smallest absolute Gasteiger partial charge is 0.270 e. The highest BCUT2D eigenvalue weighted by Gasteiger charge is 2.10. The van der Waals surface area contributed by atoms with Gasteiger partial charge in [-0.05, 0) is 6.07 Å². The van der Waals surface area contributed by atoms with Crippen LogP contribution in [0.15, 0.2) is 24.3 Å². The summed E-state index contributed by atoms with van der Waals surface area (Å²) >= 11 is 0. The first kappa shape index (κ1) is 12.6. The summed E-state index contributed by atoms with van der Waals surface area (Å²) in [6.45, 7) is 0.574. The predicted molar refractivity (Wildman–Crippen MR) is 59.5 cm³/mol. The second-order valence-corrected chi connectivity index (χ2v) is 3.14. The number of hydrogen-bond donors (Lipinski definition) is 2. The van der Waals surface area contributed by atoms with Crippen molar-refractivity contribution in [1.82, 2.24) is 10.6 Å². The summed E-state index contributed by atoms with van der Waals surface area (Å²) in [5, 5.41) is 15.4. The van der Waals surface area contributed by atoms with Crippen LogP contribution in [0.25, 0.3) is 0 Å². The van der Waals surface area contributed by atoms with Crippen molar-refractivity contribution in [2.24, 2.45) is 0 Å². The van der Waals surface area contributed by atoms with E-state index in [9.17, 15) is 19.7 Å². The Kier molecular flexibility index (Phi) is 4.61. The Morgan fingerprint density at radius 2 is 2.18 bits per heavy atom. The van der Waals surface area contributed by atoms with Gasteiger partial charge < -0.3 is 10.6 Å². The second-order valence-electron chi connectivity index (χ2n) is 3.14. The van der Waals surface area contributed by atoms with Gasteiger partial charge in [-0.1, -0.05) is 6.07 Å². The van der Waals surface area contributed by atoms with Crippen LogP contribution in [0.4, 0.5) is 5.69 Å². The third-order valence-electron chi connectivity index (χ3n) is 1.96. The van der Waals surface area contributed by atoms with E-state index in [2.05, 4.69) is 10.6 Å². The molecule has 0 heterocycles. The summed E-state index contributed by atoms with van der Waals surface area (Å²) in [6, 6.07) is 5.43. The molecule has 0 spiro atoms. The Balaban J connectivity index is 2.59. The van der Waals surface area contributed by atoms with E-state index in [1.807, 2.05) is 0 Å². The van der Waals surface area contributed by atoms with E-state index in [-0.39, 0.29) is 17.8 Å². The van der Waals surface area contributed by atoms with Crippen LogP contribution >= 0.6 is 0 Å². The summed E-state index contributed by atoms with van der Waals surface area (Å²) in [5.41, 5.74) is 0.0777. The van der Waals surface area contributed by atoms with Gasteiger partial charge >= 0.3 is 0 Å². The number of nitrogens with zero attached hydrogens (tertiary/aromatic N) is 1. The molecule has 0 aliphatic carbocycles. The first-order chi connectivity index (χ1) is 8.15. The van der Waals surface area contributed by atoms with Crippen molar-refractivity contribution in [2.45, 2.75) is 0 Å². The Hall–Kier alpha value is -2.44. The molecule has 1 aromatic carbocycles. The number of nitrogens with one attached hydrogen (secondary N) is 2. The topological polar surface area (TPSA) is 101 Å². The number of hydrogen-bond acceptors (Lipinski definition) is 4. The van der Waals surface area contributed by atoms with Crippen molar-refractivity contribution in [3.05, 3.63) is 39.9 Å². The minimum atomic E-state index is -0.565. The number of rotatable bonds is 6. The minimum absolute atomic E-state index is 0.135. The zero-order valence-electron chi connectivity index (χ0n) is 8.88. The number of carbonyl (C=O) groups is 2. The zero-order valence-corrected chi connectivity index (χ0v) is 8.88. The number of benzene rings is 1. The molecule has 0 saturated carbocycles. The van der Waals surface area contributed by atoms with Gasteiger partial charge in [0.05, 0.1) is 4.92 Å². The maximum atomic E-state index is 11.5. The van der Waals surface area contributed by atoms with Gasteiger partial charge in [0.2, 0.25) is 6.41 Å². The SMILES string of the molecule is O=CNCCNC(=O)c1cccc([N+](=O)[O-])c1. The molecule has 7 nitrogen and oxygen atoms in total. The first-order valence-corrected chi connectivity index (χ1v) is 4.85. The lowest BCUT2D eigenvalue weighted by Crippen LogP contribution is -2.31. The number of nitro benzene ring substituents is 1. The molecule has 17 heavy (non-hydrogen) atoms. The van der Waals surface area contributed by atoms with Crippen molar-refractivity contribution in [3.8, 4) is 0 Å². The van der Waals surface area contributed by atoms with Gasteiger partial charge in [-0.2, -0.15) is 0 Å². The molecular weight excluding hydrogens is 226 g/mol. The summed E-state index contributed by atoms with van der Waals surface area (Å²) < 4.78 is 0. The summed E-state index contributed by atoms with van der Waals surface area (Å²) in [7, 11) is 0. The van der Waals surface area contributed by atoms with Crippen molar-refractivity contribution < 1.29 is 14.5 Å². The van der Waals surface area contributed by atoms with E-state index in [1.54, 1.807) is 0 Å². The van der Waals surface area contributed by atoms with E-state index in [0.717, 1.165) is 0 Å². The van der Waals surface area contributed by atoms with Crippen molar-refractivity contribution in [3.63, 3.8) is 0 Å². The molecule has 0 aliphatic rings. The molecule has 0 atom stereocenters. The maximum absolute atomic E-state index is 11.5. The van der Waals surface area contributed by atoms with Crippen LogP contribution in [0.5, 0.6) is 0 Å². The fraction of sp³-hybridized carbons (Fsp3) is 0.200. The fourth-order valence-electron chi connectivity index (χ4n) is 1.17. The highest BCUT2D eigenvalue weighted by Crippen LogP contribution is 2.12. The Labute approximate surface area is 97.0 Å². The molecule has 0 aliphatic heterocycles. The molecule has 2 amide bonds. The second kappa shape index (κ2) is 6.21. The molecule has 2 N–H and O–H groups in total. The van der Waals surface area contributed by atoms with Gasteiger partial charge in [0, 0.05) is 30.8 Å². The van der Waals surface area contributed by atoms with Gasteiger partial charge in [0.15, 0.2) is 0 Å². The fourth-order valence-corrected chi connectivity index (χ4v) is 1.17. The zero-order chi connectivity index (χ0) is 12.7. The quantitative estimate of drug-likeness (QED) is 0.316. The van der Waals surface area contributed by atoms with Crippen molar-refractivity contribution in [2.75, 3.05) is 13.1 Å². The monoisotopic (exact) mass is 237 g/mol. The van der Waals surface area contributed by atoms with Crippen LogP contribution in [0.2, 0.25) is 0 Å². The van der Waals surface area contributed by atoms with Crippen molar-refractivity contribution in [1.29, 1.82) is 0 Å². The van der Waals surface area contributed by atoms with Gasteiger partial charge in [-0.25, -0.2) is 0 Å². The number of carbonyl (C=O) groups excluding carboxylic acids is 2. The van der Waals surface area contributed by atoms with E-state index >= 15 is 0 Å². The van der Waals surface area contributed by atoms with E-state index in [1.165, 1.54) is 24.3 Å². The van der Waals surface area contributed by atoms with Crippen LogP contribution in [-0.2, 0) is 4.79 Å². The Morgan fingerprint density at radius 1 is 1.41 bits per heavy atom. The minimum Gasteiger partial charge on any atom is -0.357 e. The molecule has 0 radical (unpaired) electrons. The van der Waals surface area contributed by atoms with Crippen LogP contribution in [-0.4, -0.2) is 30.3 Å². The Morgan fingerprint density at radius 3 is 2.82 bits per heavy atom. The standard InChI is InChI=1S/C10H11N3O4/c14-7-11-4-5-12-10(15)8-2-1-3-9(6-8)13(16)17/h1-3,6-7H,4-5H2,(H,11,14)(H,12,15). The normalized spacial score (nSPS) is 9.41. The average molecular weight is 237 g/mol. The van der Waals surface area contributed by atoms with Gasteiger partial charge in [0.1, 0.15) is 0 Å². The van der Waals surface area contributed by atoms with Crippen LogP contribution < -0.4 is 10.6 Å². The van der Waals surface area contributed by atoms with Gasteiger partial charge in [0.25, 0.3) is 11.6 Å². The molecule has 0 fully saturated rings. The molecule has 1 aromatic rings. The Bertz CT molecular complexity index is 433. The first-order valence-electron chi connectivity index (χ1n) is 4.85. The molecular formula is C10H11N3O4. The lowest BCUT2D eigenvalue weighted by atomic mass is 10.2. The van der Waals surface area contributed by atoms with E-state index in [0.29, 0.717) is 13.0 Å². The summed E-state index contributed by atoms with van der Waals surface area (Å²) in [4.78, 5) is 31.4. The highest BCUT2D eigenvalue weighted by molar-refractivity contribution is 5.94.